The van der Waals surface area contributed by atoms with E-state index in [1.165, 1.54) is 6.20 Å². The zero-order valence-corrected chi connectivity index (χ0v) is 9.90. The molecule has 0 spiro atoms. The fourth-order valence-corrected chi connectivity index (χ4v) is 2.51. The third kappa shape index (κ3) is 1.72. The van der Waals surface area contributed by atoms with Gasteiger partial charge in [0.15, 0.2) is 0 Å². The van der Waals surface area contributed by atoms with E-state index in [2.05, 4.69) is 0 Å². The molecule has 0 aliphatic carbocycles. The number of fused-ring (bicyclic) bond motifs is 1. The van der Waals surface area contributed by atoms with Gasteiger partial charge in [0.1, 0.15) is 0 Å². The molecule has 0 unspecified atom stereocenters. The van der Waals surface area contributed by atoms with E-state index in [4.69, 9.17) is 4.55 Å². The number of rotatable bonds is 2. The van der Waals surface area contributed by atoms with Gasteiger partial charge in [-0.3, -0.25) is 4.55 Å². The molecule has 0 aliphatic rings. The second-order valence-corrected chi connectivity index (χ2v) is 5.32. The normalized spacial score (nSPS) is 12.5. The van der Waals surface area contributed by atoms with Crippen molar-refractivity contribution in [2.24, 2.45) is 0 Å². The molecule has 1 aromatic heterocycles. The molecule has 0 atom stereocenters. The number of aromatic nitrogens is 1. The molecule has 0 amide bonds. The maximum absolute atomic E-state index is 11.2. The van der Waals surface area contributed by atoms with E-state index in [1.54, 1.807) is 6.07 Å². The summed E-state index contributed by atoms with van der Waals surface area (Å²) in [6.45, 7) is 3.96. The van der Waals surface area contributed by atoms with Crippen molar-refractivity contribution in [1.29, 1.82) is 0 Å². The molecule has 0 radical (unpaired) electrons. The van der Waals surface area contributed by atoms with Gasteiger partial charge >= 0.3 is 10.3 Å². The van der Waals surface area contributed by atoms with Crippen molar-refractivity contribution in [1.82, 2.24) is 3.97 Å². The summed E-state index contributed by atoms with van der Waals surface area (Å²) in [4.78, 5) is 0. The van der Waals surface area contributed by atoms with Crippen LogP contribution in [0.2, 0.25) is 0 Å². The molecule has 16 heavy (non-hydrogen) atoms. The minimum absolute atomic E-state index is 0.194. The van der Waals surface area contributed by atoms with Gasteiger partial charge in [-0.15, -0.1) is 0 Å². The Morgan fingerprint density at radius 2 is 1.94 bits per heavy atom. The van der Waals surface area contributed by atoms with Crippen LogP contribution in [0.15, 0.2) is 30.5 Å². The summed E-state index contributed by atoms with van der Waals surface area (Å²) in [5, 5.41) is 0.809. The first-order valence-electron chi connectivity index (χ1n) is 4.99. The van der Waals surface area contributed by atoms with Crippen molar-refractivity contribution in [3.8, 4) is 0 Å². The smallest absolute Gasteiger partial charge is 0.269 e. The summed E-state index contributed by atoms with van der Waals surface area (Å²) in [6.07, 6.45) is 1.37. The van der Waals surface area contributed by atoms with Crippen LogP contribution in [0.5, 0.6) is 0 Å². The van der Waals surface area contributed by atoms with E-state index in [1.807, 2.05) is 32.0 Å². The number of hydrogen-bond acceptors (Lipinski definition) is 2. The molecule has 2 aromatic rings. The van der Waals surface area contributed by atoms with E-state index in [0.717, 1.165) is 14.9 Å². The SMILES string of the molecule is CC(C)c1cccc2ccn(S(=O)(=O)O)c12. The van der Waals surface area contributed by atoms with Crippen molar-refractivity contribution in [2.75, 3.05) is 0 Å². The Balaban J connectivity index is 2.89. The van der Waals surface area contributed by atoms with Gasteiger partial charge in [0, 0.05) is 11.6 Å². The summed E-state index contributed by atoms with van der Waals surface area (Å²) in [7, 11) is -4.23. The highest BCUT2D eigenvalue weighted by Gasteiger charge is 2.15. The fourth-order valence-electron chi connectivity index (χ4n) is 1.85. The Morgan fingerprint density at radius 1 is 1.25 bits per heavy atom. The summed E-state index contributed by atoms with van der Waals surface area (Å²) in [5.74, 6) is 0.194. The average molecular weight is 239 g/mol. The monoisotopic (exact) mass is 239 g/mol. The van der Waals surface area contributed by atoms with Crippen LogP contribution in [0.25, 0.3) is 10.9 Å². The van der Waals surface area contributed by atoms with Gasteiger partial charge in [0.2, 0.25) is 0 Å². The van der Waals surface area contributed by atoms with Crippen LogP contribution in [0.3, 0.4) is 0 Å². The first-order chi connectivity index (χ1) is 7.41. The highest BCUT2D eigenvalue weighted by atomic mass is 32.2. The first kappa shape index (κ1) is 11.2. The van der Waals surface area contributed by atoms with Crippen molar-refractivity contribution in [3.63, 3.8) is 0 Å². The van der Waals surface area contributed by atoms with E-state index in [9.17, 15) is 8.42 Å². The molecule has 0 saturated heterocycles. The zero-order chi connectivity index (χ0) is 11.9. The van der Waals surface area contributed by atoms with Gasteiger partial charge in [-0.1, -0.05) is 32.0 Å². The Hall–Kier alpha value is -1.33. The van der Waals surface area contributed by atoms with E-state index in [-0.39, 0.29) is 5.92 Å². The van der Waals surface area contributed by atoms with E-state index < -0.39 is 10.3 Å². The maximum Gasteiger partial charge on any atom is 0.363 e. The Bertz CT molecular complexity index is 626. The topological polar surface area (TPSA) is 59.3 Å². The molecule has 0 aliphatic heterocycles. The maximum atomic E-state index is 11.2. The molecule has 0 bridgehead atoms. The largest absolute Gasteiger partial charge is 0.363 e. The molecule has 1 aromatic carbocycles. The minimum atomic E-state index is -4.23. The lowest BCUT2D eigenvalue weighted by Crippen LogP contribution is -2.10. The summed E-state index contributed by atoms with van der Waals surface area (Å²) in [5.41, 5.74) is 1.46. The average Bonchev–Trinajstić information content (AvgIpc) is 2.59. The highest BCUT2D eigenvalue weighted by Crippen LogP contribution is 2.26. The molecule has 4 nitrogen and oxygen atoms in total. The van der Waals surface area contributed by atoms with Crippen LogP contribution in [0.1, 0.15) is 25.3 Å². The number of nitrogens with zero attached hydrogens (tertiary/aromatic N) is 1. The van der Waals surface area contributed by atoms with Crippen LogP contribution in [0, 0.1) is 0 Å². The fraction of sp³-hybridized carbons (Fsp3) is 0.273. The van der Waals surface area contributed by atoms with Crippen LogP contribution in [-0.2, 0) is 10.3 Å². The summed E-state index contributed by atoms with van der Waals surface area (Å²) in [6, 6.07) is 7.25. The lowest BCUT2D eigenvalue weighted by atomic mass is 10.0. The predicted molar refractivity (Wildman–Crippen MR) is 63.0 cm³/mol. The lowest BCUT2D eigenvalue weighted by Gasteiger charge is -2.09. The first-order valence-corrected chi connectivity index (χ1v) is 6.39. The summed E-state index contributed by atoms with van der Waals surface area (Å²) >= 11 is 0. The molecule has 0 fully saturated rings. The van der Waals surface area contributed by atoms with Crippen molar-refractivity contribution >= 4 is 21.2 Å². The van der Waals surface area contributed by atoms with Gasteiger partial charge in [0.05, 0.1) is 5.52 Å². The second kappa shape index (κ2) is 3.61. The molecular weight excluding hydrogens is 226 g/mol. The van der Waals surface area contributed by atoms with Gasteiger partial charge in [-0.05, 0) is 17.5 Å². The van der Waals surface area contributed by atoms with Crippen LogP contribution in [-0.4, -0.2) is 16.9 Å². The third-order valence-corrected chi connectivity index (χ3v) is 3.38. The Kier molecular flexibility index (Phi) is 2.52. The van der Waals surface area contributed by atoms with Crippen molar-refractivity contribution in [2.45, 2.75) is 19.8 Å². The molecule has 0 saturated carbocycles. The number of benzene rings is 1. The summed E-state index contributed by atoms with van der Waals surface area (Å²) < 4.78 is 32.4. The quantitative estimate of drug-likeness (QED) is 0.819. The standard InChI is InChI=1S/C11H13NO3S/c1-8(2)10-5-3-4-9-6-7-12(11(9)10)16(13,14)15/h3-8H,1-2H3,(H,13,14,15). The van der Waals surface area contributed by atoms with Crippen LogP contribution < -0.4 is 0 Å². The Morgan fingerprint density at radius 3 is 2.50 bits per heavy atom. The van der Waals surface area contributed by atoms with Gasteiger partial charge in [-0.2, -0.15) is 8.42 Å². The van der Waals surface area contributed by atoms with E-state index >= 15 is 0 Å². The second-order valence-electron chi connectivity index (χ2n) is 4.03. The lowest BCUT2D eigenvalue weighted by molar-refractivity contribution is 0.474. The molecule has 2 rings (SSSR count). The van der Waals surface area contributed by atoms with Crippen molar-refractivity contribution in [3.05, 3.63) is 36.0 Å². The molecule has 5 heteroatoms. The van der Waals surface area contributed by atoms with Crippen LogP contribution in [0.4, 0.5) is 0 Å². The number of hydrogen-bond donors (Lipinski definition) is 1. The van der Waals surface area contributed by atoms with Gasteiger partial charge in [0.25, 0.3) is 0 Å². The highest BCUT2D eigenvalue weighted by molar-refractivity contribution is 7.84. The molecular formula is C11H13NO3S. The van der Waals surface area contributed by atoms with Crippen LogP contribution >= 0.6 is 0 Å². The third-order valence-electron chi connectivity index (χ3n) is 2.58. The van der Waals surface area contributed by atoms with Crippen molar-refractivity contribution < 1.29 is 13.0 Å². The van der Waals surface area contributed by atoms with Gasteiger partial charge < -0.3 is 0 Å². The Labute approximate surface area is 94.4 Å². The molecule has 86 valence electrons. The zero-order valence-electron chi connectivity index (χ0n) is 9.08. The van der Waals surface area contributed by atoms with Gasteiger partial charge in [-0.25, -0.2) is 3.97 Å². The predicted octanol–water partition coefficient (Wildman–Crippen LogP) is 2.42. The molecule has 1 heterocycles. The van der Waals surface area contributed by atoms with E-state index in [0.29, 0.717) is 5.52 Å². The molecule has 1 N–H and O–H groups in total. The number of para-hydroxylation sites is 1. The minimum Gasteiger partial charge on any atom is -0.269 e.